The van der Waals surface area contributed by atoms with Crippen molar-refractivity contribution in [1.82, 2.24) is 9.97 Å². The number of esters is 1. The van der Waals surface area contributed by atoms with Crippen LogP contribution in [0, 0.1) is 11.3 Å². The van der Waals surface area contributed by atoms with Gasteiger partial charge in [-0.1, -0.05) is 12.1 Å². The molecule has 1 heterocycles. The Morgan fingerprint density at radius 1 is 0.917 bits per heavy atom. The average molecular weight is 315 g/mol. The summed E-state index contributed by atoms with van der Waals surface area (Å²) in [5, 5.41) is 8.83. The normalized spacial score (nSPS) is 10.0. The molecule has 5 nitrogen and oxygen atoms in total. The van der Waals surface area contributed by atoms with Gasteiger partial charge < -0.3 is 4.74 Å². The summed E-state index contributed by atoms with van der Waals surface area (Å²) in [5.41, 5.74) is 3.27. The number of rotatable bonds is 3. The van der Waals surface area contributed by atoms with E-state index in [-0.39, 0.29) is 5.97 Å². The molecule has 0 unspecified atom stereocenters. The average Bonchev–Trinajstić information content (AvgIpc) is 2.62. The van der Waals surface area contributed by atoms with Crippen molar-refractivity contribution in [2.45, 2.75) is 6.92 Å². The Hall–Kier alpha value is -3.52. The Bertz CT molecular complexity index is 893. The highest BCUT2D eigenvalue weighted by atomic mass is 16.5. The third kappa shape index (κ3) is 3.45. The zero-order valence-corrected chi connectivity index (χ0v) is 12.9. The zero-order valence-electron chi connectivity index (χ0n) is 12.9. The Morgan fingerprint density at radius 2 is 1.50 bits per heavy atom. The first-order valence-electron chi connectivity index (χ1n) is 7.27. The van der Waals surface area contributed by atoms with Crippen LogP contribution in [0.15, 0.2) is 60.9 Å². The maximum Gasteiger partial charge on any atom is 0.308 e. The molecule has 2 aromatic carbocycles. The first-order valence-corrected chi connectivity index (χ1v) is 7.27. The number of aromatic nitrogens is 2. The number of carbonyl (C=O) groups is 1. The van der Waals surface area contributed by atoms with Gasteiger partial charge in [0.05, 0.1) is 11.6 Å². The van der Waals surface area contributed by atoms with Gasteiger partial charge in [-0.2, -0.15) is 5.26 Å². The van der Waals surface area contributed by atoms with Crippen LogP contribution in [0.1, 0.15) is 12.5 Å². The highest BCUT2D eigenvalue weighted by Gasteiger charge is 2.05. The molecule has 1 aromatic heterocycles. The van der Waals surface area contributed by atoms with Crippen LogP contribution in [-0.2, 0) is 4.79 Å². The van der Waals surface area contributed by atoms with Crippen molar-refractivity contribution in [3.8, 4) is 34.3 Å². The summed E-state index contributed by atoms with van der Waals surface area (Å²) < 4.78 is 5.00. The zero-order chi connectivity index (χ0) is 16.9. The van der Waals surface area contributed by atoms with Gasteiger partial charge in [-0.15, -0.1) is 0 Å². The maximum atomic E-state index is 10.9. The van der Waals surface area contributed by atoms with Crippen LogP contribution in [0.2, 0.25) is 0 Å². The molecule has 3 aromatic rings. The predicted octanol–water partition coefficient (Wildman–Crippen LogP) is 3.61. The molecule has 0 aliphatic carbocycles. The molecule has 0 radical (unpaired) electrons. The van der Waals surface area contributed by atoms with Crippen LogP contribution in [0.5, 0.6) is 5.75 Å². The summed E-state index contributed by atoms with van der Waals surface area (Å²) in [6.07, 6.45) is 3.48. The van der Waals surface area contributed by atoms with E-state index in [0.29, 0.717) is 17.1 Å². The number of hydrogen-bond acceptors (Lipinski definition) is 5. The van der Waals surface area contributed by atoms with Gasteiger partial charge in [-0.05, 0) is 42.0 Å². The van der Waals surface area contributed by atoms with E-state index in [0.717, 1.165) is 16.7 Å². The number of hydrogen-bond donors (Lipinski definition) is 0. The molecular formula is C19H13N3O2. The number of ether oxygens (including phenoxy) is 1. The second-order valence-electron chi connectivity index (χ2n) is 5.10. The number of nitrogens with zero attached hydrogens (tertiary/aromatic N) is 3. The van der Waals surface area contributed by atoms with Gasteiger partial charge in [-0.25, -0.2) is 9.97 Å². The number of benzene rings is 2. The smallest absolute Gasteiger partial charge is 0.308 e. The second-order valence-corrected chi connectivity index (χ2v) is 5.10. The van der Waals surface area contributed by atoms with Gasteiger partial charge in [0, 0.05) is 30.4 Å². The van der Waals surface area contributed by atoms with Gasteiger partial charge in [0.2, 0.25) is 0 Å². The summed E-state index contributed by atoms with van der Waals surface area (Å²) >= 11 is 0. The molecule has 24 heavy (non-hydrogen) atoms. The largest absolute Gasteiger partial charge is 0.427 e. The summed E-state index contributed by atoms with van der Waals surface area (Å²) in [6, 6.07) is 16.4. The molecule has 116 valence electrons. The molecule has 0 fully saturated rings. The van der Waals surface area contributed by atoms with Crippen LogP contribution in [0.3, 0.4) is 0 Å². The second kappa shape index (κ2) is 6.71. The van der Waals surface area contributed by atoms with E-state index in [9.17, 15) is 4.79 Å². The van der Waals surface area contributed by atoms with E-state index in [2.05, 4.69) is 16.0 Å². The highest BCUT2D eigenvalue weighted by Crippen LogP contribution is 2.22. The van der Waals surface area contributed by atoms with Gasteiger partial charge >= 0.3 is 5.97 Å². The number of nitriles is 1. The molecule has 0 aliphatic heterocycles. The van der Waals surface area contributed by atoms with Crippen molar-refractivity contribution in [1.29, 1.82) is 5.26 Å². The van der Waals surface area contributed by atoms with Crippen molar-refractivity contribution >= 4 is 5.97 Å². The van der Waals surface area contributed by atoms with Crippen LogP contribution in [0.4, 0.5) is 0 Å². The molecule has 3 rings (SSSR count). The van der Waals surface area contributed by atoms with Crippen LogP contribution >= 0.6 is 0 Å². The fraction of sp³-hybridized carbons (Fsp3) is 0.0526. The SMILES string of the molecule is CC(=O)Oc1ccc(-c2ncc(-c3ccc(C#N)cc3)cn2)cc1. The fourth-order valence-corrected chi connectivity index (χ4v) is 2.20. The molecule has 0 bridgehead atoms. The van der Waals surface area contributed by atoms with Crippen molar-refractivity contribution < 1.29 is 9.53 Å². The van der Waals surface area contributed by atoms with E-state index in [1.807, 2.05) is 12.1 Å². The molecule has 0 amide bonds. The first kappa shape index (κ1) is 15.4. The first-order chi connectivity index (χ1) is 11.7. The van der Waals surface area contributed by atoms with E-state index in [4.69, 9.17) is 10.00 Å². The Morgan fingerprint density at radius 3 is 2.04 bits per heavy atom. The summed E-state index contributed by atoms with van der Waals surface area (Å²) in [6.45, 7) is 1.36. The minimum Gasteiger partial charge on any atom is -0.427 e. The standard InChI is InChI=1S/C19H13N3O2/c1-13(23)24-18-8-6-16(7-9-18)19-21-11-17(12-22-19)15-4-2-14(10-20)3-5-15/h2-9,11-12H,1H3. The van der Waals surface area contributed by atoms with E-state index < -0.39 is 0 Å². The topological polar surface area (TPSA) is 75.9 Å². The molecule has 0 aliphatic rings. The predicted molar refractivity (Wildman–Crippen MR) is 88.9 cm³/mol. The molecule has 0 saturated heterocycles. The fourth-order valence-electron chi connectivity index (χ4n) is 2.20. The molecule has 0 spiro atoms. The maximum absolute atomic E-state index is 10.9. The highest BCUT2D eigenvalue weighted by molar-refractivity contribution is 5.70. The van der Waals surface area contributed by atoms with E-state index >= 15 is 0 Å². The van der Waals surface area contributed by atoms with Gasteiger partial charge in [0.15, 0.2) is 5.82 Å². The molecule has 0 saturated carbocycles. The molecule has 5 heteroatoms. The number of carbonyl (C=O) groups excluding carboxylic acids is 1. The molecule has 0 atom stereocenters. The lowest BCUT2D eigenvalue weighted by atomic mass is 10.1. The Balaban J connectivity index is 1.81. The molecular weight excluding hydrogens is 302 g/mol. The van der Waals surface area contributed by atoms with Crippen molar-refractivity contribution in [2.75, 3.05) is 0 Å². The lowest BCUT2D eigenvalue weighted by Crippen LogP contribution is -2.01. The molecule has 0 N–H and O–H groups in total. The Labute approximate surface area is 139 Å². The monoisotopic (exact) mass is 315 g/mol. The van der Waals surface area contributed by atoms with Crippen molar-refractivity contribution in [3.63, 3.8) is 0 Å². The minimum absolute atomic E-state index is 0.356. The quantitative estimate of drug-likeness (QED) is 0.545. The van der Waals surface area contributed by atoms with Crippen LogP contribution in [-0.4, -0.2) is 15.9 Å². The summed E-state index contributed by atoms with van der Waals surface area (Å²) in [7, 11) is 0. The summed E-state index contributed by atoms with van der Waals surface area (Å²) in [4.78, 5) is 19.7. The lowest BCUT2D eigenvalue weighted by Gasteiger charge is -2.05. The van der Waals surface area contributed by atoms with E-state index in [1.165, 1.54) is 6.92 Å². The van der Waals surface area contributed by atoms with E-state index in [1.54, 1.807) is 48.8 Å². The van der Waals surface area contributed by atoms with Gasteiger partial charge in [0.1, 0.15) is 5.75 Å². The minimum atomic E-state index is -0.356. The van der Waals surface area contributed by atoms with Crippen LogP contribution in [0.25, 0.3) is 22.5 Å². The van der Waals surface area contributed by atoms with Gasteiger partial charge in [-0.3, -0.25) is 4.79 Å². The van der Waals surface area contributed by atoms with Crippen molar-refractivity contribution in [2.24, 2.45) is 0 Å². The summed E-state index contributed by atoms with van der Waals surface area (Å²) in [5.74, 6) is 0.716. The third-order valence-corrected chi connectivity index (χ3v) is 3.37. The van der Waals surface area contributed by atoms with Crippen molar-refractivity contribution in [3.05, 3.63) is 66.5 Å². The third-order valence-electron chi connectivity index (χ3n) is 3.37. The van der Waals surface area contributed by atoms with Crippen LogP contribution < -0.4 is 4.74 Å². The Kier molecular flexibility index (Phi) is 4.30. The van der Waals surface area contributed by atoms with Gasteiger partial charge in [0.25, 0.3) is 0 Å². The lowest BCUT2D eigenvalue weighted by molar-refractivity contribution is -0.131.